The standard InChI is InChI=1S/C14H31NO/c1-6-9-10-13(7-2)11-15-12-14(4,5)16-8-3/h13,15H,6-12H2,1-5H3. The lowest BCUT2D eigenvalue weighted by Gasteiger charge is -2.26. The number of hydrogen-bond acceptors (Lipinski definition) is 2. The number of rotatable bonds is 10. The van der Waals surface area contributed by atoms with Crippen molar-refractivity contribution in [1.82, 2.24) is 5.32 Å². The first-order valence-electron chi connectivity index (χ1n) is 6.90. The van der Waals surface area contributed by atoms with E-state index in [9.17, 15) is 0 Å². The van der Waals surface area contributed by atoms with Crippen molar-refractivity contribution in [2.45, 2.75) is 65.9 Å². The molecule has 0 saturated carbocycles. The van der Waals surface area contributed by atoms with Crippen molar-refractivity contribution in [3.05, 3.63) is 0 Å². The molecule has 1 unspecified atom stereocenters. The minimum Gasteiger partial charge on any atom is -0.375 e. The molecular formula is C14H31NO. The maximum Gasteiger partial charge on any atom is 0.0750 e. The average Bonchev–Trinajstić information content (AvgIpc) is 2.22. The van der Waals surface area contributed by atoms with Gasteiger partial charge in [-0.25, -0.2) is 0 Å². The molecule has 16 heavy (non-hydrogen) atoms. The van der Waals surface area contributed by atoms with Crippen LogP contribution in [-0.4, -0.2) is 25.3 Å². The van der Waals surface area contributed by atoms with E-state index in [1.165, 1.54) is 25.7 Å². The molecule has 0 bridgehead atoms. The molecule has 0 aliphatic rings. The Labute approximate surface area is 102 Å². The van der Waals surface area contributed by atoms with Crippen molar-refractivity contribution >= 4 is 0 Å². The quantitative estimate of drug-likeness (QED) is 0.618. The topological polar surface area (TPSA) is 21.3 Å². The Bertz CT molecular complexity index is 157. The predicted molar refractivity (Wildman–Crippen MR) is 71.9 cm³/mol. The lowest BCUT2D eigenvalue weighted by atomic mass is 9.99. The summed E-state index contributed by atoms with van der Waals surface area (Å²) in [6.45, 7) is 13.8. The first kappa shape index (κ1) is 15.9. The van der Waals surface area contributed by atoms with Gasteiger partial charge in [-0.15, -0.1) is 0 Å². The molecule has 0 radical (unpaired) electrons. The Morgan fingerprint density at radius 1 is 1.19 bits per heavy atom. The number of ether oxygens (including phenoxy) is 1. The predicted octanol–water partition coefficient (Wildman–Crippen LogP) is 3.61. The van der Waals surface area contributed by atoms with E-state index in [0.29, 0.717) is 0 Å². The zero-order valence-corrected chi connectivity index (χ0v) is 11.9. The summed E-state index contributed by atoms with van der Waals surface area (Å²) in [7, 11) is 0. The van der Waals surface area contributed by atoms with Crippen LogP contribution in [0, 0.1) is 5.92 Å². The van der Waals surface area contributed by atoms with Gasteiger partial charge in [0.25, 0.3) is 0 Å². The molecule has 0 spiro atoms. The van der Waals surface area contributed by atoms with Crippen molar-refractivity contribution in [2.24, 2.45) is 5.92 Å². The third-order valence-corrected chi connectivity index (χ3v) is 3.06. The fraction of sp³-hybridized carbons (Fsp3) is 1.00. The molecule has 0 aromatic carbocycles. The molecule has 2 nitrogen and oxygen atoms in total. The van der Waals surface area contributed by atoms with Crippen LogP contribution in [0.5, 0.6) is 0 Å². The Kier molecular flexibility index (Phi) is 8.96. The van der Waals surface area contributed by atoms with Crippen molar-refractivity contribution in [1.29, 1.82) is 0 Å². The Morgan fingerprint density at radius 2 is 1.88 bits per heavy atom. The van der Waals surface area contributed by atoms with E-state index in [-0.39, 0.29) is 5.60 Å². The van der Waals surface area contributed by atoms with E-state index < -0.39 is 0 Å². The van der Waals surface area contributed by atoms with Gasteiger partial charge in [0.15, 0.2) is 0 Å². The SMILES string of the molecule is CCCCC(CC)CNCC(C)(C)OCC. The molecule has 0 heterocycles. The van der Waals surface area contributed by atoms with Gasteiger partial charge in [0, 0.05) is 13.2 Å². The van der Waals surface area contributed by atoms with E-state index in [0.717, 1.165) is 25.6 Å². The van der Waals surface area contributed by atoms with Crippen LogP contribution >= 0.6 is 0 Å². The van der Waals surface area contributed by atoms with Gasteiger partial charge in [-0.05, 0) is 39.7 Å². The van der Waals surface area contributed by atoms with E-state index in [2.05, 4.69) is 39.9 Å². The third kappa shape index (κ3) is 8.12. The molecule has 0 aromatic rings. The number of unbranched alkanes of at least 4 members (excludes halogenated alkanes) is 1. The van der Waals surface area contributed by atoms with Gasteiger partial charge in [0.2, 0.25) is 0 Å². The second-order valence-electron chi connectivity index (χ2n) is 5.24. The first-order chi connectivity index (χ1) is 7.55. The van der Waals surface area contributed by atoms with Gasteiger partial charge in [0.05, 0.1) is 5.60 Å². The summed E-state index contributed by atoms with van der Waals surface area (Å²) in [5.74, 6) is 0.831. The largest absolute Gasteiger partial charge is 0.375 e. The maximum absolute atomic E-state index is 5.66. The Hall–Kier alpha value is -0.0800. The van der Waals surface area contributed by atoms with E-state index in [4.69, 9.17) is 4.74 Å². The third-order valence-electron chi connectivity index (χ3n) is 3.06. The van der Waals surface area contributed by atoms with Crippen LogP contribution < -0.4 is 5.32 Å². The van der Waals surface area contributed by atoms with Crippen LogP contribution in [-0.2, 0) is 4.74 Å². The second-order valence-corrected chi connectivity index (χ2v) is 5.24. The van der Waals surface area contributed by atoms with E-state index in [1.54, 1.807) is 0 Å². The summed E-state index contributed by atoms with van der Waals surface area (Å²) in [6, 6.07) is 0. The minimum absolute atomic E-state index is 0.0300. The normalized spacial score (nSPS) is 14.1. The van der Waals surface area contributed by atoms with Crippen LogP contribution in [0.4, 0.5) is 0 Å². The van der Waals surface area contributed by atoms with Crippen LogP contribution in [0.3, 0.4) is 0 Å². The summed E-state index contributed by atoms with van der Waals surface area (Å²) in [5.41, 5.74) is -0.0300. The van der Waals surface area contributed by atoms with E-state index in [1.807, 2.05) is 0 Å². The molecule has 0 aliphatic heterocycles. The van der Waals surface area contributed by atoms with Crippen molar-refractivity contribution in [2.75, 3.05) is 19.7 Å². The molecule has 0 saturated heterocycles. The van der Waals surface area contributed by atoms with Gasteiger partial charge in [0.1, 0.15) is 0 Å². The van der Waals surface area contributed by atoms with Crippen LogP contribution in [0.2, 0.25) is 0 Å². The smallest absolute Gasteiger partial charge is 0.0750 e. The maximum atomic E-state index is 5.66. The average molecular weight is 229 g/mol. The summed E-state index contributed by atoms with van der Waals surface area (Å²) in [4.78, 5) is 0. The highest BCUT2D eigenvalue weighted by atomic mass is 16.5. The van der Waals surface area contributed by atoms with Gasteiger partial charge in [-0.1, -0.05) is 33.1 Å². The molecule has 0 amide bonds. The fourth-order valence-electron chi connectivity index (χ4n) is 1.96. The molecule has 0 rings (SSSR count). The molecular weight excluding hydrogens is 198 g/mol. The molecule has 0 fully saturated rings. The highest BCUT2D eigenvalue weighted by molar-refractivity contribution is 4.73. The zero-order valence-electron chi connectivity index (χ0n) is 11.9. The highest BCUT2D eigenvalue weighted by Crippen LogP contribution is 2.12. The summed E-state index contributed by atoms with van der Waals surface area (Å²) >= 11 is 0. The lowest BCUT2D eigenvalue weighted by Crippen LogP contribution is -2.39. The number of nitrogens with one attached hydrogen (secondary N) is 1. The number of hydrogen-bond donors (Lipinski definition) is 1. The molecule has 1 atom stereocenters. The monoisotopic (exact) mass is 229 g/mol. The van der Waals surface area contributed by atoms with Gasteiger partial charge in [-0.2, -0.15) is 0 Å². The summed E-state index contributed by atoms with van der Waals surface area (Å²) in [5, 5.41) is 3.55. The summed E-state index contributed by atoms with van der Waals surface area (Å²) < 4.78 is 5.66. The fourth-order valence-corrected chi connectivity index (χ4v) is 1.96. The first-order valence-corrected chi connectivity index (χ1v) is 6.90. The molecule has 1 N–H and O–H groups in total. The van der Waals surface area contributed by atoms with Crippen LogP contribution in [0.25, 0.3) is 0 Å². The molecule has 0 aromatic heterocycles. The van der Waals surface area contributed by atoms with Crippen LogP contribution in [0.15, 0.2) is 0 Å². The van der Waals surface area contributed by atoms with Gasteiger partial charge >= 0.3 is 0 Å². The lowest BCUT2D eigenvalue weighted by molar-refractivity contribution is -0.00930. The van der Waals surface area contributed by atoms with Crippen molar-refractivity contribution in [3.8, 4) is 0 Å². The van der Waals surface area contributed by atoms with Crippen molar-refractivity contribution in [3.63, 3.8) is 0 Å². The van der Waals surface area contributed by atoms with Crippen LogP contribution in [0.1, 0.15) is 60.3 Å². The molecule has 2 heteroatoms. The Balaban J connectivity index is 3.68. The minimum atomic E-state index is -0.0300. The van der Waals surface area contributed by atoms with Gasteiger partial charge in [-0.3, -0.25) is 0 Å². The van der Waals surface area contributed by atoms with Gasteiger partial charge < -0.3 is 10.1 Å². The van der Waals surface area contributed by atoms with E-state index >= 15 is 0 Å². The Morgan fingerprint density at radius 3 is 2.38 bits per heavy atom. The molecule has 98 valence electrons. The summed E-state index contributed by atoms with van der Waals surface area (Å²) in [6.07, 6.45) is 5.30. The molecule has 0 aliphatic carbocycles. The highest BCUT2D eigenvalue weighted by Gasteiger charge is 2.17. The zero-order chi connectivity index (χ0) is 12.4. The second kappa shape index (κ2) is 9.00. The van der Waals surface area contributed by atoms with Crippen molar-refractivity contribution < 1.29 is 4.74 Å².